The van der Waals surface area contributed by atoms with Crippen LogP contribution in [0.25, 0.3) is 5.69 Å². The van der Waals surface area contributed by atoms with E-state index in [4.69, 9.17) is 0 Å². The molecule has 0 bridgehead atoms. The fraction of sp³-hybridized carbons (Fsp3) is 0.375. The van der Waals surface area contributed by atoms with E-state index in [1.54, 1.807) is 24.3 Å². The van der Waals surface area contributed by atoms with Crippen molar-refractivity contribution < 1.29 is 14.4 Å². The zero-order valence-corrected chi connectivity index (χ0v) is 16.3. The van der Waals surface area contributed by atoms with E-state index in [-0.39, 0.29) is 11.7 Å². The Hall–Kier alpha value is -2.95. The highest BCUT2D eigenvalue weighted by molar-refractivity contribution is 7.99. The molecule has 0 saturated heterocycles. The molecule has 27 heavy (non-hydrogen) atoms. The standard InChI is InChI=1S/C16H21N7O3S/c1-10(24)17-11-6-5-7-12(8-11)23-15(20-21-22-23)27-9-13(25)18-14(26)19-16(2,3)4/h5-8H,9H2,1-4H3,(H,17,24)(H2,18,19,25,26). The number of urea groups is 1. The molecule has 10 nitrogen and oxygen atoms in total. The second kappa shape index (κ2) is 8.62. The predicted octanol–water partition coefficient (Wildman–Crippen LogP) is 1.34. The Bertz CT molecular complexity index is 845. The van der Waals surface area contributed by atoms with Crippen molar-refractivity contribution in [1.82, 2.24) is 30.8 Å². The molecule has 3 N–H and O–H groups in total. The molecule has 11 heteroatoms. The normalized spacial score (nSPS) is 11.0. The van der Waals surface area contributed by atoms with Crippen LogP contribution in [-0.4, -0.2) is 49.3 Å². The molecule has 0 aliphatic carbocycles. The molecule has 1 heterocycles. The van der Waals surface area contributed by atoms with E-state index in [0.29, 0.717) is 16.5 Å². The first-order valence-corrected chi connectivity index (χ1v) is 9.04. The molecule has 1 aromatic carbocycles. The molecule has 0 aliphatic heterocycles. The number of hydrogen-bond acceptors (Lipinski definition) is 7. The molecule has 1 aromatic heterocycles. The molecular formula is C16H21N7O3S. The minimum atomic E-state index is -0.560. The number of anilines is 1. The Kier molecular flexibility index (Phi) is 6.50. The number of thioether (sulfide) groups is 1. The van der Waals surface area contributed by atoms with Gasteiger partial charge in [-0.15, -0.1) is 5.10 Å². The monoisotopic (exact) mass is 391 g/mol. The predicted molar refractivity (Wildman–Crippen MR) is 101 cm³/mol. The van der Waals surface area contributed by atoms with Crippen LogP contribution < -0.4 is 16.0 Å². The van der Waals surface area contributed by atoms with Crippen molar-refractivity contribution >= 4 is 35.3 Å². The molecular weight excluding hydrogens is 370 g/mol. The van der Waals surface area contributed by atoms with Crippen LogP contribution in [0.3, 0.4) is 0 Å². The summed E-state index contributed by atoms with van der Waals surface area (Å²) in [5.41, 5.74) is 0.781. The Morgan fingerprint density at radius 3 is 2.63 bits per heavy atom. The first-order chi connectivity index (χ1) is 12.6. The number of rotatable bonds is 5. The van der Waals surface area contributed by atoms with Crippen molar-refractivity contribution in [2.45, 2.75) is 38.4 Å². The lowest BCUT2D eigenvalue weighted by Gasteiger charge is -2.20. The molecule has 0 aliphatic rings. The van der Waals surface area contributed by atoms with Gasteiger partial charge in [-0.3, -0.25) is 14.9 Å². The largest absolute Gasteiger partial charge is 0.333 e. The van der Waals surface area contributed by atoms with Crippen LogP contribution in [0.15, 0.2) is 29.4 Å². The van der Waals surface area contributed by atoms with Gasteiger partial charge in [0, 0.05) is 18.2 Å². The summed E-state index contributed by atoms with van der Waals surface area (Å²) in [6.07, 6.45) is 0. The second-order valence-corrected chi connectivity index (χ2v) is 7.59. The summed E-state index contributed by atoms with van der Waals surface area (Å²) in [5, 5.41) is 19.4. The highest BCUT2D eigenvalue weighted by Gasteiger charge is 2.17. The molecule has 0 unspecified atom stereocenters. The Morgan fingerprint density at radius 1 is 1.22 bits per heavy atom. The summed E-state index contributed by atoms with van der Waals surface area (Å²) in [5.74, 6) is -0.699. The molecule has 0 spiro atoms. The van der Waals surface area contributed by atoms with E-state index >= 15 is 0 Å². The molecule has 2 aromatic rings. The van der Waals surface area contributed by atoms with E-state index in [1.807, 2.05) is 20.8 Å². The number of carbonyl (C=O) groups is 3. The second-order valence-electron chi connectivity index (χ2n) is 6.65. The van der Waals surface area contributed by atoms with E-state index in [2.05, 4.69) is 31.5 Å². The third kappa shape index (κ3) is 6.70. The lowest BCUT2D eigenvalue weighted by molar-refractivity contribution is -0.117. The molecule has 0 saturated carbocycles. The summed E-state index contributed by atoms with van der Waals surface area (Å²) in [6, 6.07) is 6.40. The third-order valence-electron chi connectivity index (χ3n) is 2.93. The van der Waals surface area contributed by atoms with Gasteiger partial charge in [-0.05, 0) is 49.4 Å². The number of carbonyl (C=O) groups excluding carboxylic acids is 3. The van der Waals surface area contributed by atoms with Gasteiger partial charge in [0.25, 0.3) is 0 Å². The Morgan fingerprint density at radius 2 is 1.96 bits per heavy atom. The van der Waals surface area contributed by atoms with Crippen LogP contribution in [0.1, 0.15) is 27.7 Å². The lowest BCUT2D eigenvalue weighted by Crippen LogP contribution is -2.48. The van der Waals surface area contributed by atoms with Crippen molar-refractivity contribution in [2.24, 2.45) is 0 Å². The van der Waals surface area contributed by atoms with Crippen molar-refractivity contribution in [3.8, 4) is 5.69 Å². The van der Waals surface area contributed by atoms with Gasteiger partial charge in [0.15, 0.2) is 0 Å². The number of amides is 4. The molecule has 0 radical (unpaired) electrons. The highest BCUT2D eigenvalue weighted by Crippen LogP contribution is 2.20. The molecule has 144 valence electrons. The van der Waals surface area contributed by atoms with Gasteiger partial charge in [0.2, 0.25) is 17.0 Å². The maximum absolute atomic E-state index is 11.9. The van der Waals surface area contributed by atoms with Crippen LogP contribution >= 0.6 is 11.8 Å². The fourth-order valence-electron chi connectivity index (χ4n) is 2.01. The van der Waals surface area contributed by atoms with Crippen molar-refractivity contribution in [2.75, 3.05) is 11.1 Å². The number of nitrogens with zero attached hydrogens (tertiary/aromatic N) is 4. The average Bonchev–Trinajstić information content (AvgIpc) is 2.99. The van der Waals surface area contributed by atoms with Gasteiger partial charge in [0.1, 0.15) is 0 Å². The number of nitrogens with one attached hydrogen (secondary N) is 3. The minimum absolute atomic E-state index is 0.0384. The zero-order chi connectivity index (χ0) is 20.0. The van der Waals surface area contributed by atoms with Gasteiger partial charge in [0.05, 0.1) is 11.4 Å². The fourth-order valence-corrected chi connectivity index (χ4v) is 2.71. The first kappa shape index (κ1) is 20.4. The summed E-state index contributed by atoms with van der Waals surface area (Å²) >= 11 is 1.08. The average molecular weight is 391 g/mol. The summed E-state index contributed by atoms with van der Waals surface area (Å²) in [4.78, 5) is 34.8. The van der Waals surface area contributed by atoms with E-state index in [0.717, 1.165) is 11.8 Å². The van der Waals surface area contributed by atoms with Gasteiger partial charge < -0.3 is 10.6 Å². The smallest absolute Gasteiger partial charge is 0.321 e. The topological polar surface area (TPSA) is 131 Å². The quantitative estimate of drug-likeness (QED) is 0.655. The Balaban J connectivity index is 2.00. The summed E-state index contributed by atoms with van der Waals surface area (Å²) in [7, 11) is 0. The molecule has 4 amide bonds. The number of benzene rings is 1. The zero-order valence-electron chi connectivity index (χ0n) is 15.4. The van der Waals surface area contributed by atoms with Gasteiger partial charge in [-0.2, -0.15) is 4.68 Å². The summed E-state index contributed by atoms with van der Waals surface area (Å²) < 4.78 is 1.44. The lowest BCUT2D eigenvalue weighted by atomic mass is 10.1. The van der Waals surface area contributed by atoms with Crippen LogP contribution in [0.2, 0.25) is 0 Å². The molecule has 0 fully saturated rings. The van der Waals surface area contributed by atoms with Crippen LogP contribution in [0.5, 0.6) is 0 Å². The SMILES string of the molecule is CC(=O)Nc1cccc(-n2nnnc2SCC(=O)NC(=O)NC(C)(C)C)c1. The molecule has 0 atom stereocenters. The number of imide groups is 1. The van der Waals surface area contributed by atoms with E-state index in [9.17, 15) is 14.4 Å². The number of aromatic nitrogens is 4. The number of tetrazole rings is 1. The maximum atomic E-state index is 11.9. The van der Waals surface area contributed by atoms with Crippen LogP contribution in [-0.2, 0) is 9.59 Å². The summed E-state index contributed by atoms with van der Waals surface area (Å²) in [6.45, 7) is 6.86. The van der Waals surface area contributed by atoms with Crippen LogP contribution in [0.4, 0.5) is 10.5 Å². The van der Waals surface area contributed by atoms with Crippen molar-refractivity contribution in [3.05, 3.63) is 24.3 Å². The minimum Gasteiger partial charge on any atom is -0.333 e. The third-order valence-corrected chi connectivity index (χ3v) is 3.85. The molecule has 2 rings (SSSR count). The Labute approximate surface area is 160 Å². The highest BCUT2D eigenvalue weighted by atomic mass is 32.2. The van der Waals surface area contributed by atoms with E-state index in [1.165, 1.54) is 11.6 Å². The van der Waals surface area contributed by atoms with Gasteiger partial charge in [-0.1, -0.05) is 17.8 Å². The van der Waals surface area contributed by atoms with Crippen LogP contribution in [0, 0.1) is 0 Å². The van der Waals surface area contributed by atoms with Gasteiger partial charge in [-0.25, -0.2) is 4.79 Å². The maximum Gasteiger partial charge on any atom is 0.321 e. The van der Waals surface area contributed by atoms with E-state index < -0.39 is 17.5 Å². The van der Waals surface area contributed by atoms with Gasteiger partial charge >= 0.3 is 6.03 Å². The number of hydrogen-bond donors (Lipinski definition) is 3. The van der Waals surface area contributed by atoms with Crippen molar-refractivity contribution in [1.29, 1.82) is 0 Å². The first-order valence-electron chi connectivity index (χ1n) is 8.05. The van der Waals surface area contributed by atoms with Crippen molar-refractivity contribution in [3.63, 3.8) is 0 Å².